The van der Waals surface area contributed by atoms with Gasteiger partial charge < -0.3 is 20.1 Å². The Bertz CT molecular complexity index is 1120. The van der Waals surface area contributed by atoms with Crippen LogP contribution in [0.3, 0.4) is 0 Å². The number of ether oxygens (including phenoxy) is 2. The van der Waals surface area contributed by atoms with Gasteiger partial charge in [0, 0.05) is 25.9 Å². The number of carbonyl (C=O) groups excluding carboxylic acids is 2. The van der Waals surface area contributed by atoms with Crippen LogP contribution in [0.25, 0.3) is 11.0 Å². The third kappa shape index (κ3) is 3.58. The third-order valence-electron chi connectivity index (χ3n) is 4.58. The average Bonchev–Trinajstić information content (AvgIpc) is 2.99. The lowest BCUT2D eigenvalue weighted by Gasteiger charge is -2.15. The van der Waals surface area contributed by atoms with E-state index in [1.165, 1.54) is 27.3 Å². The average molecular weight is 397 g/mol. The van der Waals surface area contributed by atoms with Crippen molar-refractivity contribution < 1.29 is 19.1 Å². The molecule has 2 N–H and O–H groups in total. The SMILES string of the molecule is CNC(=O)c1cc(OC)c(OC)cc1NC(=O)c1cc(C)nc2c1c(C)nn2C. The van der Waals surface area contributed by atoms with E-state index < -0.39 is 0 Å². The summed E-state index contributed by atoms with van der Waals surface area (Å²) < 4.78 is 12.2. The Kier molecular flexibility index (Phi) is 5.40. The topological polar surface area (TPSA) is 107 Å². The molecule has 0 saturated carbocycles. The third-order valence-corrected chi connectivity index (χ3v) is 4.58. The van der Waals surface area contributed by atoms with E-state index >= 15 is 0 Å². The minimum Gasteiger partial charge on any atom is -0.493 e. The first kappa shape index (κ1) is 20.1. The summed E-state index contributed by atoms with van der Waals surface area (Å²) in [4.78, 5) is 30.0. The van der Waals surface area contributed by atoms with Crippen molar-refractivity contribution in [3.63, 3.8) is 0 Å². The monoisotopic (exact) mass is 397 g/mol. The number of nitrogens with zero attached hydrogens (tertiary/aromatic N) is 3. The lowest BCUT2D eigenvalue weighted by atomic mass is 10.1. The number of nitrogens with one attached hydrogen (secondary N) is 2. The summed E-state index contributed by atoms with van der Waals surface area (Å²) in [6, 6.07) is 4.78. The van der Waals surface area contributed by atoms with Gasteiger partial charge in [-0.05, 0) is 26.0 Å². The van der Waals surface area contributed by atoms with E-state index in [0.717, 1.165) is 0 Å². The van der Waals surface area contributed by atoms with Crippen LogP contribution in [0.1, 0.15) is 32.1 Å². The number of fused-ring (bicyclic) bond motifs is 1. The predicted octanol–water partition coefficient (Wildman–Crippen LogP) is 2.21. The molecule has 2 heterocycles. The van der Waals surface area contributed by atoms with E-state index in [2.05, 4.69) is 20.7 Å². The molecule has 9 nitrogen and oxygen atoms in total. The molecule has 2 aromatic heterocycles. The van der Waals surface area contributed by atoms with Crippen molar-refractivity contribution in [2.24, 2.45) is 7.05 Å². The number of pyridine rings is 1. The summed E-state index contributed by atoms with van der Waals surface area (Å²) in [6.45, 7) is 3.63. The largest absolute Gasteiger partial charge is 0.493 e. The van der Waals surface area contributed by atoms with Crippen LogP contribution in [0, 0.1) is 13.8 Å². The normalized spacial score (nSPS) is 10.7. The van der Waals surface area contributed by atoms with Crippen LogP contribution in [0.4, 0.5) is 5.69 Å². The quantitative estimate of drug-likeness (QED) is 0.684. The highest BCUT2D eigenvalue weighted by Gasteiger charge is 2.21. The first-order valence-electron chi connectivity index (χ1n) is 8.91. The molecule has 0 fully saturated rings. The van der Waals surface area contributed by atoms with E-state index in [-0.39, 0.29) is 17.4 Å². The fourth-order valence-electron chi connectivity index (χ4n) is 3.24. The second-order valence-electron chi connectivity index (χ2n) is 6.50. The van der Waals surface area contributed by atoms with Gasteiger partial charge in [-0.2, -0.15) is 5.10 Å². The Balaban J connectivity index is 2.12. The van der Waals surface area contributed by atoms with Gasteiger partial charge in [-0.1, -0.05) is 0 Å². The molecule has 0 radical (unpaired) electrons. The molecule has 0 aliphatic carbocycles. The van der Waals surface area contributed by atoms with Gasteiger partial charge in [0.25, 0.3) is 11.8 Å². The molecule has 0 saturated heterocycles. The lowest BCUT2D eigenvalue weighted by Crippen LogP contribution is -2.22. The highest BCUT2D eigenvalue weighted by atomic mass is 16.5. The van der Waals surface area contributed by atoms with Gasteiger partial charge in [-0.15, -0.1) is 0 Å². The molecule has 1 aromatic carbocycles. The van der Waals surface area contributed by atoms with Gasteiger partial charge in [0.2, 0.25) is 0 Å². The van der Waals surface area contributed by atoms with E-state index in [1.54, 1.807) is 23.9 Å². The molecule has 29 heavy (non-hydrogen) atoms. The number of hydrogen-bond donors (Lipinski definition) is 2. The Hall–Kier alpha value is -3.62. The molecule has 3 aromatic rings. The zero-order valence-corrected chi connectivity index (χ0v) is 17.2. The minimum atomic E-state index is -0.381. The van der Waals surface area contributed by atoms with Gasteiger partial charge in [-0.25, -0.2) is 4.98 Å². The van der Waals surface area contributed by atoms with E-state index in [1.807, 2.05) is 13.8 Å². The standard InChI is InChI=1S/C20H23N5O4/c1-10-7-13(17-11(2)24-25(4)18(17)22-10)20(27)23-14-9-16(29-6)15(28-5)8-12(14)19(26)21-3/h7-9H,1-6H3,(H,21,26)(H,23,27). The number of carbonyl (C=O) groups is 2. The van der Waals surface area contributed by atoms with Gasteiger partial charge in [-0.3, -0.25) is 14.3 Å². The van der Waals surface area contributed by atoms with Gasteiger partial charge >= 0.3 is 0 Å². The summed E-state index contributed by atoms with van der Waals surface area (Å²) >= 11 is 0. The number of amides is 2. The Labute approximate surface area is 168 Å². The summed E-state index contributed by atoms with van der Waals surface area (Å²) in [7, 11) is 6.25. The maximum Gasteiger partial charge on any atom is 0.256 e. The number of hydrogen-bond acceptors (Lipinski definition) is 6. The molecule has 3 rings (SSSR count). The highest BCUT2D eigenvalue weighted by molar-refractivity contribution is 6.15. The molecule has 0 aliphatic heterocycles. The molecule has 152 valence electrons. The van der Waals surface area contributed by atoms with Crippen molar-refractivity contribution in [2.45, 2.75) is 13.8 Å². The van der Waals surface area contributed by atoms with Gasteiger partial charge in [0.05, 0.1) is 42.1 Å². The van der Waals surface area contributed by atoms with Crippen molar-refractivity contribution >= 4 is 28.5 Å². The van der Waals surface area contributed by atoms with Crippen LogP contribution in [0.15, 0.2) is 18.2 Å². The Morgan fingerprint density at radius 2 is 1.66 bits per heavy atom. The zero-order chi connectivity index (χ0) is 21.3. The van der Waals surface area contributed by atoms with E-state index in [0.29, 0.717) is 45.2 Å². The maximum absolute atomic E-state index is 13.2. The number of methoxy groups -OCH3 is 2. The Morgan fingerprint density at radius 1 is 1.00 bits per heavy atom. The number of aromatic nitrogens is 3. The minimum absolute atomic E-state index is 0.253. The summed E-state index contributed by atoms with van der Waals surface area (Å²) in [5.41, 5.74) is 2.98. The van der Waals surface area contributed by atoms with E-state index in [9.17, 15) is 9.59 Å². The summed E-state index contributed by atoms with van der Waals surface area (Å²) in [5, 5.41) is 10.4. The molecule has 9 heteroatoms. The van der Waals surface area contributed by atoms with Crippen molar-refractivity contribution in [3.05, 3.63) is 40.7 Å². The number of anilines is 1. The molecule has 0 atom stereocenters. The van der Waals surface area contributed by atoms with E-state index in [4.69, 9.17) is 9.47 Å². The van der Waals surface area contributed by atoms with Crippen molar-refractivity contribution in [3.8, 4) is 11.5 Å². The van der Waals surface area contributed by atoms with Crippen LogP contribution in [-0.4, -0.2) is 47.8 Å². The van der Waals surface area contributed by atoms with Crippen LogP contribution >= 0.6 is 0 Å². The smallest absolute Gasteiger partial charge is 0.256 e. The van der Waals surface area contributed by atoms with Crippen LogP contribution in [0.2, 0.25) is 0 Å². The van der Waals surface area contributed by atoms with Gasteiger partial charge in [0.15, 0.2) is 17.1 Å². The van der Waals surface area contributed by atoms with Crippen LogP contribution in [0.5, 0.6) is 11.5 Å². The first-order chi connectivity index (χ1) is 13.8. The molecule has 0 bridgehead atoms. The molecular formula is C20H23N5O4. The molecule has 0 aliphatic rings. The maximum atomic E-state index is 13.2. The predicted molar refractivity (Wildman–Crippen MR) is 109 cm³/mol. The Morgan fingerprint density at radius 3 is 2.28 bits per heavy atom. The molecule has 0 unspecified atom stereocenters. The molecule has 0 spiro atoms. The lowest BCUT2D eigenvalue weighted by molar-refractivity contribution is 0.0963. The first-order valence-corrected chi connectivity index (χ1v) is 8.91. The van der Waals surface area contributed by atoms with Crippen molar-refractivity contribution in [2.75, 3.05) is 26.6 Å². The summed E-state index contributed by atoms with van der Waals surface area (Å²) in [6.07, 6.45) is 0. The molecular weight excluding hydrogens is 374 g/mol. The second-order valence-corrected chi connectivity index (χ2v) is 6.50. The van der Waals surface area contributed by atoms with Crippen LogP contribution < -0.4 is 20.1 Å². The van der Waals surface area contributed by atoms with Crippen molar-refractivity contribution in [1.82, 2.24) is 20.1 Å². The number of aryl methyl sites for hydroxylation is 3. The number of rotatable bonds is 5. The summed E-state index contributed by atoms with van der Waals surface area (Å²) in [5.74, 6) is 0.0299. The number of benzene rings is 1. The fraction of sp³-hybridized carbons (Fsp3) is 0.300. The van der Waals surface area contributed by atoms with Gasteiger partial charge in [0.1, 0.15) is 0 Å². The fourth-order valence-corrected chi connectivity index (χ4v) is 3.24. The van der Waals surface area contributed by atoms with Crippen molar-refractivity contribution in [1.29, 1.82) is 0 Å². The van der Waals surface area contributed by atoms with Crippen LogP contribution in [-0.2, 0) is 7.05 Å². The second kappa shape index (κ2) is 7.78. The zero-order valence-electron chi connectivity index (χ0n) is 17.2. The molecule has 2 amide bonds. The highest BCUT2D eigenvalue weighted by Crippen LogP contribution is 2.34.